The van der Waals surface area contributed by atoms with E-state index in [0.717, 1.165) is 12.8 Å². The molecule has 1 aliphatic carbocycles. The second-order valence-corrected chi connectivity index (χ2v) is 7.14. The van der Waals surface area contributed by atoms with Gasteiger partial charge in [0.2, 0.25) is 11.8 Å². The molecule has 0 heterocycles. The van der Waals surface area contributed by atoms with Crippen LogP contribution in [0.2, 0.25) is 6.55 Å². The van der Waals surface area contributed by atoms with Crippen molar-refractivity contribution >= 4 is 20.9 Å². The molecule has 0 saturated heterocycles. The number of imide groups is 1. The van der Waals surface area contributed by atoms with Crippen LogP contribution < -0.4 is 0 Å². The molecule has 1 aliphatic rings. The molecule has 2 amide bonds. The summed E-state index contributed by atoms with van der Waals surface area (Å²) in [6.45, 7) is 3.12. The smallest absolute Gasteiger partial charge is 0.229 e. The summed E-state index contributed by atoms with van der Waals surface area (Å²) >= 11 is 0. The van der Waals surface area contributed by atoms with Crippen LogP contribution in [0.25, 0.3) is 0 Å². The predicted octanol–water partition coefficient (Wildman–Crippen LogP) is 1.22. The lowest BCUT2D eigenvalue weighted by Crippen LogP contribution is -2.42. The zero-order valence-electron chi connectivity index (χ0n) is 10.8. The van der Waals surface area contributed by atoms with Gasteiger partial charge in [0, 0.05) is 19.5 Å². The van der Waals surface area contributed by atoms with Crippen LogP contribution in [-0.4, -0.2) is 36.7 Å². The van der Waals surface area contributed by atoms with Gasteiger partial charge in [0.15, 0.2) is 9.04 Å². The Bertz CT molecular complexity index is 275. The van der Waals surface area contributed by atoms with E-state index in [0.29, 0.717) is 12.3 Å². The Balaban J connectivity index is 2.49. The Labute approximate surface area is 105 Å². The van der Waals surface area contributed by atoms with E-state index in [1.807, 2.05) is 0 Å². The first-order valence-corrected chi connectivity index (χ1v) is 8.98. The molecule has 0 radical (unpaired) electrons. The summed E-state index contributed by atoms with van der Waals surface area (Å²) in [7, 11) is -1.91. The number of hydrogen-bond acceptors (Lipinski definition) is 3. The van der Waals surface area contributed by atoms with Gasteiger partial charge in [0.05, 0.1) is 0 Å². The number of amides is 2. The van der Waals surface area contributed by atoms with Crippen LogP contribution in [0.1, 0.15) is 45.4 Å². The van der Waals surface area contributed by atoms with Crippen molar-refractivity contribution in [1.82, 2.24) is 4.90 Å². The van der Waals surface area contributed by atoms with Gasteiger partial charge in [0.25, 0.3) is 0 Å². The van der Waals surface area contributed by atoms with Crippen molar-refractivity contribution in [3.05, 3.63) is 0 Å². The molecule has 5 heteroatoms. The van der Waals surface area contributed by atoms with Gasteiger partial charge in [-0.3, -0.25) is 14.5 Å². The van der Waals surface area contributed by atoms with Crippen LogP contribution in [0.15, 0.2) is 0 Å². The fourth-order valence-corrected chi connectivity index (χ4v) is 3.41. The number of rotatable bonds is 4. The standard InChI is InChI=1S/C12H23NO3Si/c1-10(14)13(9-17(2)16)12(15)8-11-6-4-3-5-7-11/h11,16-17H,3-9H2,1-2H3. The second-order valence-electron chi connectivity index (χ2n) is 5.08. The minimum Gasteiger partial charge on any atom is -0.433 e. The molecule has 17 heavy (non-hydrogen) atoms. The van der Waals surface area contributed by atoms with Crippen molar-refractivity contribution in [3.8, 4) is 0 Å². The first kappa shape index (κ1) is 14.4. The fourth-order valence-electron chi connectivity index (χ4n) is 2.42. The molecule has 1 unspecified atom stereocenters. The van der Waals surface area contributed by atoms with Crippen LogP contribution in [0.5, 0.6) is 0 Å². The van der Waals surface area contributed by atoms with E-state index < -0.39 is 9.04 Å². The van der Waals surface area contributed by atoms with E-state index in [1.165, 1.54) is 31.1 Å². The van der Waals surface area contributed by atoms with Crippen molar-refractivity contribution < 1.29 is 14.4 Å². The van der Waals surface area contributed by atoms with Crippen molar-refractivity contribution in [3.63, 3.8) is 0 Å². The average Bonchev–Trinajstić information content (AvgIpc) is 2.26. The van der Waals surface area contributed by atoms with E-state index in [1.54, 1.807) is 6.55 Å². The maximum absolute atomic E-state index is 12.0. The Kier molecular flexibility index (Phi) is 5.84. The highest BCUT2D eigenvalue weighted by Gasteiger charge is 2.24. The summed E-state index contributed by atoms with van der Waals surface area (Å²) in [6.07, 6.45) is 6.59. The Morgan fingerprint density at radius 3 is 2.35 bits per heavy atom. The largest absolute Gasteiger partial charge is 0.433 e. The van der Waals surface area contributed by atoms with Crippen LogP contribution in [-0.2, 0) is 9.59 Å². The third kappa shape index (κ3) is 5.00. The molecule has 0 aliphatic heterocycles. The first-order valence-electron chi connectivity index (χ1n) is 6.49. The molecule has 0 aromatic carbocycles. The van der Waals surface area contributed by atoms with Gasteiger partial charge in [-0.05, 0) is 25.3 Å². The third-order valence-corrected chi connectivity index (χ3v) is 4.21. The maximum Gasteiger partial charge on any atom is 0.229 e. The zero-order valence-corrected chi connectivity index (χ0v) is 12.0. The van der Waals surface area contributed by atoms with E-state index in [2.05, 4.69) is 0 Å². The van der Waals surface area contributed by atoms with Crippen molar-refractivity contribution in [1.29, 1.82) is 0 Å². The molecular weight excluding hydrogens is 234 g/mol. The Hall–Kier alpha value is -0.683. The molecule has 0 bridgehead atoms. The molecule has 1 N–H and O–H groups in total. The summed E-state index contributed by atoms with van der Waals surface area (Å²) in [5.74, 6) is 0.103. The van der Waals surface area contributed by atoms with Gasteiger partial charge >= 0.3 is 0 Å². The molecule has 1 saturated carbocycles. The normalized spacial score (nSPS) is 18.8. The molecule has 0 aromatic heterocycles. The van der Waals surface area contributed by atoms with Crippen LogP contribution >= 0.6 is 0 Å². The lowest BCUT2D eigenvalue weighted by atomic mass is 9.87. The van der Waals surface area contributed by atoms with Gasteiger partial charge in [-0.15, -0.1) is 0 Å². The molecule has 1 atom stereocenters. The molecule has 4 nitrogen and oxygen atoms in total. The molecule has 98 valence electrons. The van der Waals surface area contributed by atoms with Gasteiger partial charge < -0.3 is 4.80 Å². The van der Waals surface area contributed by atoms with Crippen LogP contribution in [0.3, 0.4) is 0 Å². The minimum atomic E-state index is -1.91. The SMILES string of the molecule is CC(=O)N(C[SiH](C)O)C(=O)CC1CCCCC1. The molecule has 0 aromatic rings. The molecular formula is C12H23NO3Si. The predicted molar refractivity (Wildman–Crippen MR) is 68.8 cm³/mol. The summed E-state index contributed by atoms with van der Waals surface area (Å²) < 4.78 is 0. The minimum absolute atomic E-state index is 0.0993. The lowest BCUT2D eigenvalue weighted by Gasteiger charge is -2.25. The number of carbonyl (C=O) groups is 2. The highest BCUT2D eigenvalue weighted by molar-refractivity contribution is 6.49. The average molecular weight is 257 g/mol. The first-order chi connectivity index (χ1) is 8.00. The van der Waals surface area contributed by atoms with Gasteiger partial charge in [0.1, 0.15) is 0 Å². The summed E-state index contributed by atoms with van der Waals surface area (Å²) in [5.41, 5.74) is 0. The fraction of sp³-hybridized carbons (Fsp3) is 0.833. The number of hydrogen-bond donors (Lipinski definition) is 1. The third-order valence-electron chi connectivity index (χ3n) is 3.32. The second kappa shape index (κ2) is 6.91. The Morgan fingerprint density at radius 1 is 1.29 bits per heavy atom. The number of carbonyl (C=O) groups excluding carboxylic acids is 2. The Morgan fingerprint density at radius 2 is 1.88 bits per heavy atom. The van der Waals surface area contributed by atoms with Crippen LogP contribution in [0.4, 0.5) is 0 Å². The lowest BCUT2D eigenvalue weighted by molar-refractivity contribution is -0.143. The highest BCUT2D eigenvalue weighted by atomic mass is 28.3. The summed E-state index contributed by atoms with van der Waals surface area (Å²) in [5, 5.41) is 0. The molecule has 1 fully saturated rings. The van der Waals surface area contributed by atoms with Gasteiger partial charge in [-0.25, -0.2) is 0 Å². The molecule has 0 spiro atoms. The van der Waals surface area contributed by atoms with E-state index in [9.17, 15) is 14.4 Å². The highest BCUT2D eigenvalue weighted by Crippen LogP contribution is 2.26. The summed E-state index contributed by atoms with van der Waals surface area (Å²) in [4.78, 5) is 34.0. The maximum atomic E-state index is 12.0. The monoisotopic (exact) mass is 257 g/mol. The van der Waals surface area contributed by atoms with E-state index in [-0.39, 0.29) is 18.0 Å². The molecule has 1 rings (SSSR count). The van der Waals surface area contributed by atoms with Crippen molar-refractivity contribution in [2.45, 2.75) is 52.0 Å². The van der Waals surface area contributed by atoms with Crippen molar-refractivity contribution in [2.75, 3.05) is 6.17 Å². The zero-order chi connectivity index (χ0) is 12.8. The van der Waals surface area contributed by atoms with E-state index >= 15 is 0 Å². The van der Waals surface area contributed by atoms with Gasteiger partial charge in [-0.1, -0.05) is 19.3 Å². The summed E-state index contributed by atoms with van der Waals surface area (Å²) in [6, 6.07) is 0. The van der Waals surface area contributed by atoms with Crippen molar-refractivity contribution in [2.24, 2.45) is 5.92 Å². The number of nitrogens with zero attached hydrogens (tertiary/aromatic N) is 1. The van der Waals surface area contributed by atoms with Crippen LogP contribution in [0, 0.1) is 5.92 Å². The van der Waals surface area contributed by atoms with Gasteiger partial charge in [-0.2, -0.15) is 0 Å². The topological polar surface area (TPSA) is 57.6 Å². The van der Waals surface area contributed by atoms with E-state index in [4.69, 9.17) is 0 Å². The quantitative estimate of drug-likeness (QED) is 0.770.